The first kappa shape index (κ1) is 13.6. The minimum atomic E-state index is 0.304. The van der Waals surface area contributed by atoms with Crippen LogP contribution in [0.3, 0.4) is 0 Å². The number of benzene rings is 1. The van der Waals surface area contributed by atoms with Crippen LogP contribution in [0.25, 0.3) is 0 Å². The van der Waals surface area contributed by atoms with Crippen molar-refractivity contribution in [1.82, 2.24) is 0 Å². The second-order valence-electron chi connectivity index (χ2n) is 3.05. The Labute approximate surface area is 110 Å². The van der Waals surface area contributed by atoms with Crippen molar-refractivity contribution in [3.05, 3.63) is 28.8 Å². The van der Waals surface area contributed by atoms with Gasteiger partial charge in [0.25, 0.3) is 0 Å². The lowest BCUT2D eigenvalue weighted by Gasteiger charge is -2.08. The molecule has 1 aromatic rings. The summed E-state index contributed by atoms with van der Waals surface area (Å²) < 4.78 is 5.53. The number of rotatable bonds is 6. The number of ether oxygens (including phenoxy) is 1. The molecule has 0 atom stereocenters. The molecule has 0 aromatic heterocycles. The number of nitrogens with two attached hydrogens (primary N) is 1. The minimum Gasteiger partial charge on any atom is -0.493 e. The second-order valence-corrected chi connectivity index (χ2v) is 5.29. The first-order valence-corrected chi connectivity index (χ1v) is 6.89. The van der Waals surface area contributed by atoms with Gasteiger partial charge in [-0.2, -0.15) is 11.8 Å². The van der Waals surface area contributed by atoms with Crippen molar-refractivity contribution in [2.75, 3.05) is 18.1 Å². The average molecular weight is 276 g/mol. The molecule has 0 bridgehead atoms. The predicted molar refractivity (Wildman–Crippen MR) is 75.8 cm³/mol. The topological polar surface area (TPSA) is 35.2 Å². The number of halogens is 1. The molecule has 0 amide bonds. The molecule has 0 unspecified atom stereocenters. The van der Waals surface area contributed by atoms with E-state index in [1.165, 1.54) is 0 Å². The predicted octanol–water partition coefficient (Wildman–Crippen LogP) is 3.11. The number of hydrogen-bond donors (Lipinski definition) is 1. The smallest absolute Gasteiger partial charge is 0.120 e. The zero-order valence-electron chi connectivity index (χ0n) is 9.03. The van der Waals surface area contributed by atoms with Crippen molar-refractivity contribution < 1.29 is 4.74 Å². The molecule has 16 heavy (non-hydrogen) atoms. The van der Waals surface area contributed by atoms with E-state index in [0.717, 1.165) is 17.3 Å². The monoisotopic (exact) mass is 275 g/mol. The van der Waals surface area contributed by atoms with E-state index >= 15 is 0 Å². The van der Waals surface area contributed by atoms with Crippen LogP contribution in [0.5, 0.6) is 5.75 Å². The van der Waals surface area contributed by atoms with E-state index in [9.17, 15) is 0 Å². The van der Waals surface area contributed by atoms with Gasteiger partial charge in [0, 0.05) is 11.3 Å². The Morgan fingerprint density at radius 1 is 1.56 bits per heavy atom. The van der Waals surface area contributed by atoms with Crippen LogP contribution in [0.2, 0.25) is 5.02 Å². The lowest BCUT2D eigenvalue weighted by atomic mass is 10.2. The van der Waals surface area contributed by atoms with Gasteiger partial charge in [-0.05, 0) is 24.0 Å². The SMILES string of the molecule is CCSCCOc1ccc(C(N)=S)c(Cl)c1. The third kappa shape index (κ3) is 4.20. The summed E-state index contributed by atoms with van der Waals surface area (Å²) in [4.78, 5) is 0.304. The summed E-state index contributed by atoms with van der Waals surface area (Å²) in [6.07, 6.45) is 0. The molecular formula is C11H14ClNOS2. The molecule has 88 valence electrons. The largest absolute Gasteiger partial charge is 0.493 e. The third-order valence-corrected chi connectivity index (χ3v) is 3.30. The maximum Gasteiger partial charge on any atom is 0.120 e. The number of hydrogen-bond acceptors (Lipinski definition) is 3. The van der Waals surface area contributed by atoms with Gasteiger partial charge < -0.3 is 10.5 Å². The van der Waals surface area contributed by atoms with E-state index in [4.69, 9.17) is 34.3 Å². The van der Waals surface area contributed by atoms with E-state index < -0.39 is 0 Å². The molecule has 1 rings (SSSR count). The highest BCUT2D eigenvalue weighted by Gasteiger charge is 2.04. The lowest BCUT2D eigenvalue weighted by Crippen LogP contribution is -2.10. The van der Waals surface area contributed by atoms with E-state index in [-0.39, 0.29) is 0 Å². The maximum absolute atomic E-state index is 6.01. The summed E-state index contributed by atoms with van der Waals surface area (Å²) >= 11 is 12.7. The Bertz CT molecular complexity index is 371. The van der Waals surface area contributed by atoms with Crippen LogP contribution in [0.4, 0.5) is 0 Å². The standard InChI is InChI=1S/C11H14ClNOS2/c1-2-16-6-5-14-8-3-4-9(11(13)15)10(12)7-8/h3-4,7H,2,5-6H2,1H3,(H2,13,15). The summed E-state index contributed by atoms with van der Waals surface area (Å²) in [5, 5.41) is 0.535. The first-order chi connectivity index (χ1) is 7.65. The van der Waals surface area contributed by atoms with Gasteiger partial charge in [0.15, 0.2) is 0 Å². The van der Waals surface area contributed by atoms with Crippen LogP contribution >= 0.6 is 35.6 Å². The molecule has 0 heterocycles. The molecule has 5 heteroatoms. The summed E-state index contributed by atoms with van der Waals surface area (Å²) in [6.45, 7) is 2.81. The van der Waals surface area contributed by atoms with Gasteiger partial charge >= 0.3 is 0 Å². The number of thioether (sulfide) groups is 1. The van der Waals surface area contributed by atoms with Crippen molar-refractivity contribution in [2.45, 2.75) is 6.92 Å². The fraction of sp³-hybridized carbons (Fsp3) is 0.364. The zero-order valence-corrected chi connectivity index (χ0v) is 11.4. The summed E-state index contributed by atoms with van der Waals surface area (Å²) in [5.41, 5.74) is 6.19. The van der Waals surface area contributed by atoms with E-state index in [1.54, 1.807) is 12.1 Å². The molecule has 0 aliphatic carbocycles. The highest BCUT2D eigenvalue weighted by Crippen LogP contribution is 2.22. The fourth-order valence-electron chi connectivity index (χ4n) is 1.15. The normalized spacial score (nSPS) is 10.1. The fourth-order valence-corrected chi connectivity index (χ4v) is 2.14. The molecule has 2 N–H and O–H groups in total. The summed E-state index contributed by atoms with van der Waals surface area (Å²) in [7, 11) is 0. The quantitative estimate of drug-likeness (QED) is 0.639. The summed E-state index contributed by atoms with van der Waals surface area (Å²) in [5.74, 6) is 2.83. The molecular weight excluding hydrogens is 262 g/mol. The molecule has 0 radical (unpaired) electrons. The van der Waals surface area contributed by atoms with Gasteiger partial charge in [-0.3, -0.25) is 0 Å². The van der Waals surface area contributed by atoms with Gasteiger partial charge in [0.05, 0.1) is 11.6 Å². The van der Waals surface area contributed by atoms with Crippen molar-refractivity contribution in [2.24, 2.45) is 5.73 Å². The Morgan fingerprint density at radius 2 is 2.31 bits per heavy atom. The van der Waals surface area contributed by atoms with Gasteiger partial charge in [-0.25, -0.2) is 0 Å². The van der Waals surface area contributed by atoms with Crippen LogP contribution in [-0.4, -0.2) is 23.1 Å². The van der Waals surface area contributed by atoms with Crippen molar-refractivity contribution in [1.29, 1.82) is 0 Å². The van der Waals surface area contributed by atoms with Crippen molar-refractivity contribution in [3.63, 3.8) is 0 Å². The first-order valence-electron chi connectivity index (χ1n) is 4.95. The molecule has 0 fully saturated rings. The molecule has 0 aliphatic rings. The van der Waals surface area contributed by atoms with Gasteiger partial charge in [-0.15, -0.1) is 0 Å². The molecule has 0 spiro atoms. The third-order valence-electron chi connectivity index (χ3n) is 1.91. The van der Waals surface area contributed by atoms with Gasteiger partial charge in [0.2, 0.25) is 0 Å². The van der Waals surface area contributed by atoms with Crippen molar-refractivity contribution >= 4 is 40.6 Å². The lowest BCUT2D eigenvalue weighted by molar-refractivity contribution is 0.344. The van der Waals surface area contributed by atoms with Gasteiger partial charge in [0.1, 0.15) is 10.7 Å². The zero-order chi connectivity index (χ0) is 12.0. The number of thiocarbonyl (C=S) groups is 1. The summed E-state index contributed by atoms with van der Waals surface area (Å²) in [6, 6.07) is 5.36. The maximum atomic E-state index is 6.01. The Balaban J connectivity index is 2.56. The molecule has 0 saturated heterocycles. The molecule has 0 saturated carbocycles. The highest BCUT2D eigenvalue weighted by atomic mass is 35.5. The molecule has 0 aliphatic heterocycles. The Hall–Kier alpha value is -0.450. The van der Waals surface area contributed by atoms with Gasteiger partial charge in [-0.1, -0.05) is 30.7 Å². The Morgan fingerprint density at radius 3 is 2.88 bits per heavy atom. The van der Waals surface area contributed by atoms with Crippen LogP contribution in [-0.2, 0) is 0 Å². The average Bonchev–Trinajstić information content (AvgIpc) is 2.24. The van der Waals surface area contributed by atoms with E-state index in [2.05, 4.69) is 6.92 Å². The minimum absolute atomic E-state index is 0.304. The van der Waals surface area contributed by atoms with Crippen LogP contribution in [0.15, 0.2) is 18.2 Å². The molecule has 2 nitrogen and oxygen atoms in total. The van der Waals surface area contributed by atoms with Crippen LogP contribution < -0.4 is 10.5 Å². The van der Waals surface area contributed by atoms with Crippen molar-refractivity contribution in [3.8, 4) is 5.75 Å². The van der Waals surface area contributed by atoms with Crippen LogP contribution in [0, 0.1) is 0 Å². The van der Waals surface area contributed by atoms with E-state index in [1.807, 2.05) is 17.8 Å². The van der Waals surface area contributed by atoms with E-state index in [0.29, 0.717) is 22.2 Å². The molecule has 1 aromatic carbocycles. The Kier molecular flexibility index (Phi) is 5.95. The highest BCUT2D eigenvalue weighted by molar-refractivity contribution is 7.99. The second kappa shape index (κ2) is 6.99. The van der Waals surface area contributed by atoms with Crippen LogP contribution in [0.1, 0.15) is 12.5 Å².